The van der Waals surface area contributed by atoms with Crippen LogP contribution in [0.3, 0.4) is 0 Å². The Kier molecular flexibility index (Phi) is 4.02. The summed E-state index contributed by atoms with van der Waals surface area (Å²) in [5.74, 6) is -0.302. The predicted molar refractivity (Wildman–Crippen MR) is 55.4 cm³/mol. The van der Waals surface area contributed by atoms with Crippen molar-refractivity contribution in [2.75, 3.05) is 0 Å². The zero-order valence-corrected chi connectivity index (χ0v) is 9.34. The van der Waals surface area contributed by atoms with E-state index in [0.29, 0.717) is 12.8 Å². The van der Waals surface area contributed by atoms with Crippen molar-refractivity contribution >= 4 is 0 Å². The zero-order valence-electron chi connectivity index (χ0n) is 9.34. The van der Waals surface area contributed by atoms with Gasteiger partial charge in [0.25, 0.3) is 0 Å². The molecule has 92 valence electrons. The first kappa shape index (κ1) is 13.1. The Labute approximate surface area is 93.0 Å². The highest BCUT2D eigenvalue weighted by Gasteiger charge is 2.34. The van der Waals surface area contributed by atoms with E-state index in [-0.39, 0.29) is 17.7 Å². The van der Waals surface area contributed by atoms with Gasteiger partial charge in [0.1, 0.15) is 5.76 Å². The highest BCUT2D eigenvalue weighted by atomic mass is 19.4. The SMILES string of the molecule is CCC(N)C1=CCC(C)C(OC(F)(F)F)=C1. The molecular formula is C11H16F3NO. The topological polar surface area (TPSA) is 35.2 Å². The van der Waals surface area contributed by atoms with Gasteiger partial charge in [-0.05, 0) is 24.5 Å². The molecule has 16 heavy (non-hydrogen) atoms. The first-order valence-electron chi connectivity index (χ1n) is 5.26. The van der Waals surface area contributed by atoms with E-state index in [4.69, 9.17) is 5.73 Å². The van der Waals surface area contributed by atoms with Crippen LogP contribution in [-0.4, -0.2) is 12.4 Å². The van der Waals surface area contributed by atoms with Crippen LogP contribution in [0.15, 0.2) is 23.5 Å². The van der Waals surface area contributed by atoms with E-state index in [1.54, 1.807) is 6.92 Å². The lowest BCUT2D eigenvalue weighted by Gasteiger charge is -2.23. The summed E-state index contributed by atoms with van der Waals surface area (Å²) >= 11 is 0. The van der Waals surface area contributed by atoms with E-state index in [0.717, 1.165) is 5.57 Å². The third kappa shape index (κ3) is 3.56. The average molecular weight is 235 g/mol. The van der Waals surface area contributed by atoms with Gasteiger partial charge < -0.3 is 10.5 Å². The minimum Gasteiger partial charge on any atom is -0.410 e. The molecule has 0 heterocycles. The van der Waals surface area contributed by atoms with Crippen LogP contribution in [0.25, 0.3) is 0 Å². The minimum atomic E-state index is -4.63. The standard InChI is InChI=1S/C11H16F3NO/c1-3-9(15)8-5-4-7(2)10(6-8)16-11(12,13)14/h5-7,9H,3-4,15H2,1-2H3. The summed E-state index contributed by atoms with van der Waals surface area (Å²) in [6.07, 6.45) is -0.113. The van der Waals surface area contributed by atoms with E-state index in [9.17, 15) is 13.2 Å². The normalized spacial score (nSPS) is 23.5. The van der Waals surface area contributed by atoms with Crippen molar-refractivity contribution in [1.29, 1.82) is 0 Å². The molecule has 0 aliphatic heterocycles. The number of halogens is 3. The van der Waals surface area contributed by atoms with Gasteiger partial charge in [0.2, 0.25) is 0 Å². The molecule has 0 amide bonds. The molecule has 0 fully saturated rings. The number of nitrogens with two attached hydrogens (primary N) is 1. The van der Waals surface area contributed by atoms with E-state index < -0.39 is 6.36 Å². The lowest BCUT2D eigenvalue weighted by Crippen LogP contribution is -2.24. The van der Waals surface area contributed by atoms with Crippen LogP contribution in [0.5, 0.6) is 0 Å². The number of allylic oxidation sites excluding steroid dienone is 2. The largest absolute Gasteiger partial charge is 0.572 e. The molecule has 0 spiro atoms. The van der Waals surface area contributed by atoms with Crippen molar-refractivity contribution < 1.29 is 17.9 Å². The maximum Gasteiger partial charge on any atom is 0.572 e. The summed E-state index contributed by atoms with van der Waals surface area (Å²) in [7, 11) is 0. The second kappa shape index (κ2) is 4.91. The van der Waals surface area contributed by atoms with E-state index >= 15 is 0 Å². The van der Waals surface area contributed by atoms with Crippen LogP contribution in [0.2, 0.25) is 0 Å². The van der Waals surface area contributed by atoms with E-state index in [2.05, 4.69) is 4.74 Å². The summed E-state index contributed by atoms with van der Waals surface area (Å²) in [5, 5.41) is 0. The molecule has 0 saturated carbocycles. The molecule has 1 aliphatic carbocycles. The Bertz CT molecular complexity index is 307. The van der Waals surface area contributed by atoms with Crippen molar-refractivity contribution in [3.63, 3.8) is 0 Å². The van der Waals surface area contributed by atoms with E-state index in [1.165, 1.54) is 6.08 Å². The van der Waals surface area contributed by atoms with Gasteiger partial charge in [-0.1, -0.05) is 19.9 Å². The summed E-state index contributed by atoms with van der Waals surface area (Å²) < 4.78 is 40.3. The quantitative estimate of drug-likeness (QED) is 0.815. The molecule has 0 radical (unpaired) electrons. The average Bonchev–Trinajstić information content (AvgIpc) is 2.18. The zero-order chi connectivity index (χ0) is 12.3. The molecule has 1 rings (SSSR count). The van der Waals surface area contributed by atoms with Gasteiger partial charge in [0, 0.05) is 12.0 Å². The van der Waals surface area contributed by atoms with Crippen molar-refractivity contribution in [2.45, 2.75) is 39.1 Å². The van der Waals surface area contributed by atoms with Gasteiger partial charge in [0.15, 0.2) is 0 Å². The number of alkyl halides is 3. The molecular weight excluding hydrogens is 219 g/mol. The minimum absolute atomic E-state index is 0.0473. The Morgan fingerprint density at radius 2 is 2.19 bits per heavy atom. The third-order valence-corrected chi connectivity index (χ3v) is 2.60. The first-order chi connectivity index (χ1) is 7.33. The van der Waals surface area contributed by atoms with Gasteiger partial charge in [-0.25, -0.2) is 0 Å². The molecule has 2 N–H and O–H groups in total. The summed E-state index contributed by atoms with van der Waals surface area (Å²) in [6, 6.07) is -0.223. The number of hydrogen-bond acceptors (Lipinski definition) is 2. The summed E-state index contributed by atoms with van der Waals surface area (Å²) in [6.45, 7) is 3.59. The fraction of sp³-hybridized carbons (Fsp3) is 0.636. The van der Waals surface area contributed by atoms with Gasteiger partial charge in [-0.3, -0.25) is 0 Å². The van der Waals surface area contributed by atoms with Crippen LogP contribution < -0.4 is 5.73 Å². The van der Waals surface area contributed by atoms with Crippen molar-refractivity contribution in [2.24, 2.45) is 11.7 Å². The van der Waals surface area contributed by atoms with Gasteiger partial charge in [0.05, 0.1) is 0 Å². The first-order valence-corrected chi connectivity index (χ1v) is 5.26. The van der Waals surface area contributed by atoms with Gasteiger partial charge >= 0.3 is 6.36 Å². The Morgan fingerprint density at radius 1 is 1.56 bits per heavy atom. The lowest BCUT2D eigenvalue weighted by molar-refractivity contribution is -0.308. The van der Waals surface area contributed by atoms with E-state index in [1.807, 2.05) is 13.0 Å². The number of rotatable bonds is 3. The fourth-order valence-corrected chi connectivity index (χ4v) is 1.55. The molecule has 0 aromatic heterocycles. The second-order valence-corrected chi connectivity index (χ2v) is 3.95. The predicted octanol–water partition coefficient (Wildman–Crippen LogP) is 3.11. The Morgan fingerprint density at radius 3 is 2.69 bits per heavy atom. The molecule has 1 aliphatic rings. The van der Waals surface area contributed by atoms with Crippen LogP contribution in [0.4, 0.5) is 13.2 Å². The van der Waals surface area contributed by atoms with Crippen LogP contribution in [0.1, 0.15) is 26.7 Å². The van der Waals surface area contributed by atoms with Crippen LogP contribution >= 0.6 is 0 Å². The lowest BCUT2D eigenvalue weighted by atomic mass is 9.92. The van der Waals surface area contributed by atoms with Gasteiger partial charge in [-0.15, -0.1) is 13.2 Å². The van der Waals surface area contributed by atoms with Crippen molar-refractivity contribution in [3.05, 3.63) is 23.5 Å². The molecule has 0 aromatic rings. The third-order valence-electron chi connectivity index (χ3n) is 2.60. The summed E-state index contributed by atoms with van der Waals surface area (Å²) in [4.78, 5) is 0. The Hall–Kier alpha value is -0.970. The van der Waals surface area contributed by atoms with Crippen molar-refractivity contribution in [1.82, 2.24) is 0 Å². The highest BCUT2D eigenvalue weighted by Crippen LogP contribution is 2.31. The Balaban J connectivity index is 2.81. The highest BCUT2D eigenvalue weighted by molar-refractivity contribution is 5.30. The molecule has 0 aromatic carbocycles. The maximum atomic E-state index is 12.1. The van der Waals surface area contributed by atoms with Crippen molar-refractivity contribution in [3.8, 4) is 0 Å². The molecule has 0 bridgehead atoms. The molecule has 0 saturated heterocycles. The second-order valence-electron chi connectivity index (χ2n) is 3.95. The molecule has 2 atom stereocenters. The smallest absolute Gasteiger partial charge is 0.410 e. The molecule has 2 nitrogen and oxygen atoms in total. The summed E-state index contributed by atoms with van der Waals surface area (Å²) in [5.41, 5.74) is 6.49. The molecule has 2 unspecified atom stereocenters. The molecule has 5 heteroatoms. The maximum absolute atomic E-state index is 12.1. The fourth-order valence-electron chi connectivity index (χ4n) is 1.55. The van der Waals surface area contributed by atoms with Crippen LogP contribution in [-0.2, 0) is 4.74 Å². The van der Waals surface area contributed by atoms with Gasteiger partial charge in [-0.2, -0.15) is 0 Å². The number of ether oxygens (including phenoxy) is 1. The number of hydrogen-bond donors (Lipinski definition) is 1. The van der Waals surface area contributed by atoms with Crippen LogP contribution in [0, 0.1) is 5.92 Å². The monoisotopic (exact) mass is 235 g/mol.